The van der Waals surface area contributed by atoms with E-state index in [2.05, 4.69) is 15.2 Å². The summed E-state index contributed by atoms with van der Waals surface area (Å²) in [5, 5.41) is 7.28. The molecular formula is C22H21N3O5. The number of ether oxygens (including phenoxy) is 3. The second-order valence-electron chi connectivity index (χ2n) is 6.86. The third-order valence-electron chi connectivity index (χ3n) is 5.16. The monoisotopic (exact) mass is 407 g/mol. The number of rotatable bonds is 5. The van der Waals surface area contributed by atoms with Gasteiger partial charge in [0.25, 0.3) is 5.91 Å². The zero-order chi connectivity index (χ0) is 21.4. The number of hydrogen-bond donors (Lipinski definition) is 1. The van der Waals surface area contributed by atoms with Gasteiger partial charge in [0.2, 0.25) is 0 Å². The van der Waals surface area contributed by atoms with E-state index >= 15 is 0 Å². The van der Waals surface area contributed by atoms with Crippen LogP contribution in [0.1, 0.15) is 32.0 Å². The van der Waals surface area contributed by atoms with Crippen LogP contribution in [0, 0.1) is 0 Å². The molecule has 3 aromatic rings. The first-order valence-corrected chi connectivity index (χ1v) is 9.27. The predicted octanol–water partition coefficient (Wildman–Crippen LogP) is 3.05. The quantitative estimate of drug-likeness (QED) is 0.511. The molecule has 0 saturated heterocycles. The highest BCUT2D eigenvalue weighted by molar-refractivity contribution is 6.06. The van der Waals surface area contributed by atoms with Gasteiger partial charge in [0.15, 0.2) is 17.2 Å². The van der Waals surface area contributed by atoms with Crippen LogP contribution in [0.15, 0.2) is 36.4 Å². The van der Waals surface area contributed by atoms with Crippen LogP contribution < -0.4 is 14.8 Å². The molecule has 1 aliphatic rings. The normalized spacial score (nSPS) is 11.5. The maximum atomic E-state index is 12.9. The lowest BCUT2D eigenvalue weighted by Crippen LogP contribution is -2.15. The van der Waals surface area contributed by atoms with E-state index in [1.807, 2.05) is 19.2 Å². The van der Waals surface area contributed by atoms with Crippen LogP contribution in [-0.2, 0) is 18.2 Å². The van der Waals surface area contributed by atoms with Crippen molar-refractivity contribution in [3.05, 3.63) is 58.8 Å². The third-order valence-corrected chi connectivity index (χ3v) is 5.16. The number of esters is 1. The average molecular weight is 407 g/mol. The molecule has 2 aromatic carbocycles. The van der Waals surface area contributed by atoms with E-state index < -0.39 is 5.97 Å². The molecule has 1 aliphatic carbocycles. The van der Waals surface area contributed by atoms with Gasteiger partial charge in [-0.1, -0.05) is 0 Å². The van der Waals surface area contributed by atoms with Crippen LogP contribution in [-0.4, -0.2) is 43.0 Å². The van der Waals surface area contributed by atoms with Crippen LogP contribution >= 0.6 is 0 Å². The van der Waals surface area contributed by atoms with Gasteiger partial charge < -0.3 is 19.5 Å². The van der Waals surface area contributed by atoms with Crippen molar-refractivity contribution in [3.8, 4) is 22.8 Å². The molecule has 30 heavy (non-hydrogen) atoms. The number of aromatic nitrogens is 2. The highest BCUT2D eigenvalue weighted by Crippen LogP contribution is 2.43. The second kappa shape index (κ2) is 7.55. The number of amides is 1. The Morgan fingerprint density at radius 2 is 1.70 bits per heavy atom. The molecule has 0 aliphatic heterocycles. The fourth-order valence-electron chi connectivity index (χ4n) is 3.73. The van der Waals surface area contributed by atoms with Crippen LogP contribution in [0.4, 0.5) is 5.69 Å². The number of benzene rings is 2. The first kappa shape index (κ1) is 19.5. The summed E-state index contributed by atoms with van der Waals surface area (Å²) in [4.78, 5) is 24.5. The Morgan fingerprint density at radius 1 is 1.03 bits per heavy atom. The summed E-state index contributed by atoms with van der Waals surface area (Å²) in [5.41, 5.74) is 5.09. The minimum absolute atomic E-state index is 0.315. The molecule has 1 amide bonds. The number of methoxy groups -OCH3 is 3. The van der Waals surface area contributed by atoms with Gasteiger partial charge in [-0.2, -0.15) is 5.10 Å². The summed E-state index contributed by atoms with van der Waals surface area (Å²) in [6.45, 7) is 0. The van der Waals surface area contributed by atoms with Gasteiger partial charge >= 0.3 is 5.97 Å². The van der Waals surface area contributed by atoms with Crippen molar-refractivity contribution in [1.29, 1.82) is 0 Å². The van der Waals surface area contributed by atoms with Crippen molar-refractivity contribution >= 4 is 17.6 Å². The van der Waals surface area contributed by atoms with Crippen LogP contribution in [0.3, 0.4) is 0 Å². The van der Waals surface area contributed by atoms with Crippen LogP contribution in [0.5, 0.6) is 11.5 Å². The summed E-state index contributed by atoms with van der Waals surface area (Å²) >= 11 is 0. The van der Waals surface area contributed by atoms with Crippen LogP contribution in [0.25, 0.3) is 11.3 Å². The van der Waals surface area contributed by atoms with E-state index in [1.54, 1.807) is 43.2 Å². The molecule has 1 aromatic heterocycles. The Hall–Kier alpha value is -3.81. The number of nitrogens with zero attached hydrogens (tertiary/aromatic N) is 2. The van der Waals surface area contributed by atoms with Gasteiger partial charge in [-0.3, -0.25) is 9.48 Å². The van der Waals surface area contributed by atoms with Crippen molar-refractivity contribution in [3.63, 3.8) is 0 Å². The van der Waals surface area contributed by atoms with E-state index in [4.69, 9.17) is 9.47 Å². The number of fused-ring (bicyclic) bond motifs is 3. The first-order chi connectivity index (χ1) is 14.5. The van der Waals surface area contributed by atoms with Crippen molar-refractivity contribution < 1.29 is 23.8 Å². The summed E-state index contributed by atoms with van der Waals surface area (Å²) in [6, 6.07) is 10.3. The van der Waals surface area contributed by atoms with Gasteiger partial charge in [0.1, 0.15) is 0 Å². The minimum Gasteiger partial charge on any atom is -0.493 e. The van der Waals surface area contributed by atoms with Crippen molar-refractivity contribution in [2.75, 3.05) is 26.6 Å². The Bertz CT molecular complexity index is 1150. The van der Waals surface area contributed by atoms with Gasteiger partial charge in [0, 0.05) is 30.3 Å². The fraction of sp³-hybridized carbons (Fsp3) is 0.227. The number of nitrogens with one attached hydrogen (secondary N) is 1. The molecule has 4 rings (SSSR count). The molecule has 0 bridgehead atoms. The van der Waals surface area contributed by atoms with Gasteiger partial charge in [0.05, 0.1) is 32.6 Å². The molecule has 8 heteroatoms. The van der Waals surface area contributed by atoms with E-state index in [0.29, 0.717) is 34.9 Å². The lowest BCUT2D eigenvalue weighted by Gasteiger charge is -2.11. The topological polar surface area (TPSA) is 91.7 Å². The molecule has 0 unspecified atom stereocenters. The summed E-state index contributed by atoms with van der Waals surface area (Å²) in [6.07, 6.45) is 0.572. The number of hydrogen-bond acceptors (Lipinski definition) is 6. The average Bonchev–Trinajstić information content (AvgIpc) is 3.29. The van der Waals surface area contributed by atoms with E-state index in [1.165, 1.54) is 7.11 Å². The Labute approximate surface area is 173 Å². The number of anilines is 1. The SMILES string of the molecule is COC(=O)c1ccc(NC(=O)c2nn(C)c3c2Cc2cc(OC)c(OC)cc2-3)cc1. The largest absolute Gasteiger partial charge is 0.493 e. The maximum Gasteiger partial charge on any atom is 0.337 e. The van der Waals surface area contributed by atoms with E-state index in [0.717, 1.165) is 22.4 Å². The molecule has 0 spiro atoms. The molecule has 0 radical (unpaired) electrons. The number of carbonyl (C=O) groups is 2. The second-order valence-corrected chi connectivity index (χ2v) is 6.86. The molecule has 0 atom stereocenters. The zero-order valence-electron chi connectivity index (χ0n) is 17.1. The van der Waals surface area contributed by atoms with E-state index in [9.17, 15) is 9.59 Å². The lowest BCUT2D eigenvalue weighted by atomic mass is 10.1. The Kier molecular flexibility index (Phi) is 4.91. The molecule has 1 N–H and O–H groups in total. The highest BCUT2D eigenvalue weighted by atomic mass is 16.5. The van der Waals surface area contributed by atoms with Crippen molar-refractivity contribution in [2.24, 2.45) is 7.05 Å². The minimum atomic E-state index is -0.431. The predicted molar refractivity (Wildman–Crippen MR) is 110 cm³/mol. The molecule has 0 fully saturated rings. The zero-order valence-corrected chi connectivity index (χ0v) is 17.1. The molecular weight excluding hydrogens is 386 g/mol. The Balaban J connectivity index is 1.63. The number of carbonyl (C=O) groups excluding carboxylic acids is 2. The lowest BCUT2D eigenvalue weighted by molar-refractivity contribution is 0.0600. The fourth-order valence-corrected chi connectivity index (χ4v) is 3.73. The summed E-state index contributed by atoms with van der Waals surface area (Å²) < 4.78 is 17.2. The number of aryl methyl sites for hydroxylation is 1. The van der Waals surface area contributed by atoms with Gasteiger partial charge in [-0.25, -0.2) is 4.79 Å². The maximum absolute atomic E-state index is 12.9. The highest BCUT2D eigenvalue weighted by Gasteiger charge is 2.31. The van der Waals surface area contributed by atoms with Crippen molar-refractivity contribution in [2.45, 2.75) is 6.42 Å². The summed E-state index contributed by atoms with van der Waals surface area (Å²) in [7, 11) is 6.32. The molecule has 0 saturated carbocycles. The molecule has 1 heterocycles. The first-order valence-electron chi connectivity index (χ1n) is 9.27. The van der Waals surface area contributed by atoms with Crippen LogP contribution in [0.2, 0.25) is 0 Å². The third kappa shape index (κ3) is 3.16. The Morgan fingerprint density at radius 3 is 2.33 bits per heavy atom. The summed E-state index contributed by atoms with van der Waals surface area (Å²) in [5.74, 6) is 0.527. The molecule has 8 nitrogen and oxygen atoms in total. The smallest absolute Gasteiger partial charge is 0.337 e. The van der Waals surface area contributed by atoms with Crippen molar-refractivity contribution in [1.82, 2.24) is 9.78 Å². The van der Waals surface area contributed by atoms with E-state index in [-0.39, 0.29) is 5.91 Å². The van der Waals surface area contributed by atoms with Gasteiger partial charge in [-0.15, -0.1) is 0 Å². The van der Waals surface area contributed by atoms with Gasteiger partial charge in [-0.05, 0) is 42.0 Å². The molecule has 154 valence electrons. The standard InChI is InChI=1S/C22H21N3O5/c1-25-20-15-11-18(29-3)17(28-2)10-13(15)9-16(20)19(24-25)21(26)23-14-7-5-12(6-8-14)22(27)30-4/h5-8,10-11H,9H2,1-4H3,(H,23,26).